The maximum Gasteiger partial charge on any atom is 0.167 e. The molecule has 35 heteroatoms. The second-order valence-electron chi connectivity index (χ2n) is 38.3. The molecule has 15 N–H and O–H groups in total. The van der Waals surface area contributed by atoms with Gasteiger partial charge in [-0.3, -0.25) is 28.4 Å². The molecule has 0 radical (unpaired) electrons. The Morgan fingerprint density at radius 1 is 0.500 bits per heavy atom. The lowest BCUT2D eigenvalue weighted by atomic mass is 9.65. The smallest absolute Gasteiger partial charge is 0.167 e. The highest BCUT2D eigenvalue weighted by atomic mass is 16.6. The zero-order valence-corrected chi connectivity index (χ0v) is 73.3. The van der Waals surface area contributed by atoms with E-state index >= 15 is 0 Å². The van der Waals surface area contributed by atoms with Gasteiger partial charge in [0.1, 0.15) is 108 Å². The fraction of sp³-hybridized carbons (Fsp3) is 0.593. The summed E-state index contributed by atoms with van der Waals surface area (Å²) in [6.45, 7) is 19.6. The van der Waals surface area contributed by atoms with Crippen molar-refractivity contribution >= 4 is 84.0 Å². The maximum absolute atomic E-state index is 11.0. The van der Waals surface area contributed by atoms with Gasteiger partial charge in [-0.25, -0.2) is 59.8 Å². The first-order valence-corrected chi connectivity index (χ1v) is 45.1. The number of benzene rings is 3. The van der Waals surface area contributed by atoms with Crippen LogP contribution >= 0.6 is 0 Å². The molecule has 8 fully saturated rings. The number of aromatic nitrogens is 18. The van der Waals surface area contributed by atoms with Crippen molar-refractivity contribution in [2.45, 2.75) is 291 Å². The number of rotatable bonds is 29. The van der Waals surface area contributed by atoms with Crippen molar-refractivity contribution in [1.29, 1.82) is 5.26 Å². The molecule has 12 aromatic rings. The third-order valence-corrected chi connectivity index (χ3v) is 28.5. The molecule has 5 aliphatic carbocycles. The highest BCUT2D eigenvalue weighted by molar-refractivity contribution is 5.83. The van der Waals surface area contributed by atoms with E-state index in [-0.39, 0.29) is 46.4 Å². The zero-order chi connectivity index (χ0) is 87.9. The monoisotopic (exact) mass is 1720 g/mol. The summed E-state index contributed by atoms with van der Waals surface area (Å²) in [7, 11) is 1.74. The number of fused-ring (bicyclic) bond motifs is 6. The number of aryl methyl sites for hydroxylation is 3. The number of aliphatic hydroxyl groups is 6. The second-order valence-corrected chi connectivity index (χ2v) is 38.3. The summed E-state index contributed by atoms with van der Waals surface area (Å²) in [6.07, 6.45) is 16.3. The number of ether oxygens (including phenoxy) is 4. The van der Waals surface area contributed by atoms with Crippen LogP contribution in [0.4, 0.5) is 17.5 Å². The van der Waals surface area contributed by atoms with Crippen molar-refractivity contribution in [3.63, 3.8) is 0 Å². The van der Waals surface area contributed by atoms with Gasteiger partial charge in [0.15, 0.2) is 53.1 Å². The minimum Gasteiger partial charge on any atom is -0.387 e. The molecule has 5 saturated carbocycles. The summed E-state index contributed by atoms with van der Waals surface area (Å²) in [5.74, 6) is 6.50. The van der Waals surface area contributed by atoms with E-state index in [2.05, 4.69) is 184 Å². The number of aliphatic hydroxyl groups excluding tert-OH is 6. The molecule has 20 rings (SSSR count). The number of aromatic amines is 3. The third kappa shape index (κ3) is 17.2. The molecular formula is C91H121N25O10. The lowest BCUT2D eigenvalue weighted by Crippen LogP contribution is -2.52. The summed E-state index contributed by atoms with van der Waals surface area (Å²) in [5, 5.41) is 75.3. The Morgan fingerprint density at radius 2 is 0.865 bits per heavy atom. The standard InChI is InChI=1S/C31H39N9O3.C31H44N8O4.C29H38N8O3/c1-17(2)39(13-23-26(41)27(42)30(43-23)40-16-36-25-28(33)34-15-35-29(25)40)20-10-18(11-20)4-7-24-37-21-6-5-19(12-22(21)38-24)31(14-32)8-3-9-31;1-17(2)38(13-23-26(40)27(41)30(43-23)39-16-35-25-28(32)33-15-34-29(25)39)20-10-18(11-20)6-9-24-36-21-8-7-19(12-22(21)37-24)31(3,4)14-42-5;1-15(2)36(12-22-25(38)26(39)29(40-22)37-14-33-24-27(30)31-13-32-28(24)37)19-9-16(10-19)3-8-23-34-20-7-6-18(17-4-5-17)11-21(20)35-23/h5-6,12,15-18,20,23,26-27,30,41-42H,3-4,7-11,13H2,1-2H3,(H,37,38)(H2,33,34,35);7-8,12,15-18,20,23,26-27,30,40-41H,6,9-11,13-14H2,1-5H3,(H,36,37)(H2,32,33,34);6-7,11,13-17,19,22,25-26,29,38-39H,3-5,8-10,12H2,1-2H3,(H,34,35)(H2,30,31,32)/t2*18?,20?,23-,26-,27-,30-;16?,19?,22-,25-,26-,29-/m111/s1. The molecule has 0 bridgehead atoms. The van der Waals surface area contributed by atoms with Crippen LogP contribution in [0.25, 0.3) is 66.6 Å². The van der Waals surface area contributed by atoms with Crippen LogP contribution in [0.15, 0.2) is 92.6 Å². The molecule has 8 aliphatic rings. The number of methoxy groups -OCH3 is 1. The predicted octanol–water partition coefficient (Wildman–Crippen LogP) is 8.82. The van der Waals surface area contributed by atoms with Gasteiger partial charge in [-0.15, -0.1) is 0 Å². The van der Waals surface area contributed by atoms with Crippen LogP contribution in [-0.4, -0.2) is 258 Å². The predicted molar refractivity (Wildman–Crippen MR) is 473 cm³/mol. The van der Waals surface area contributed by atoms with E-state index < -0.39 is 73.6 Å². The third-order valence-electron chi connectivity index (χ3n) is 28.5. The molecular weight excluding hydrogens is 1600 g/mol. The number of nitrogen functional groups attached to an aromatic ring is 3. The zero-order valence-electron chi connectivity index (χ0n) is 73.3. The Labute approximate surface area is 730 Å². The summed E-state index contributed by atoms with van der Waals surface area (Å²) in [5.41, 5.74) is 30.2. The summed E-state index contributed by atoms with van der Waals surface area (Å²) in [4.78, 5) is 69.8. The topological polar surface area (TPSA) is 487 Å². The first-order chi connectivity index (χ1) is 60.7. The number of H-pyrrole nitrogens is 3. The van der Waals surface area contributed by atoms with Gasteiger partial charge < -0.3 is 81.7 Å². The molecule has 9 aromatic heterocycles. The SMILES string of the molecule is CC(C)N(C[C@H]1O[C@@H](n2cnc3c(N)ncnc32)[C@H](O)[C@@H]1O)C1CC(CCc2nc3ccc(C4(C#N)CCC4)cc3[nH]2)C1.CC(C)N(C[C@H]1O[C@@H](n2cnc3c(N)ncnc32)[C@H](O)[C@@H]1O)C1CC(CCc2nc3ccc(C4CC4)cc3[nH]2)C1.COCC(C)(C)c1ccc2nc(CCC3CC(N(C[C@H]4O[C@@H](n5cnc6c(N)ncnc65)[C@H](O)[C@@H]4O)C(C)C)C3)[nH]c2c1. The number of nitrogens with two attached hydrogens (primary N) is 3. The van der Waals surface area contributed by atoms with Gasteiger partial charge in [0.05, 0.1) is 70.2 Å². The van der Waals surface area contributed by atoms with E-state index in [1.807, 2.05) is 6.07 Å². The van der Waals surface area contributed by atoms with Crippen molar-refractivity contribution in [3.8, 4) is 6.07 Å². The van der Waals surface area contributed by atoms with E-state index in [1.165, 1.54) is 61.9 Å². The quantitative estimate of drug-likeness (QED) is 0.0208. The first-order valence-electron chi connectivity index (χ1n) is 45.1. The molecule has 12 heterocycles. The van der Waals surface area contributed by atoms with Crippen LogP contribution in [0.5, 0.6) is 0 Å². The normalized spacial score (nSPS) is 27.8. The average molecular weight is 1730 g/mol. The minimum absolute atomic E-state index is 0.0621. The van der Waals surface area contributed by atoms with Crippen LogP contribution < -0.4 is 17.2 Å². The van der Waals surface area contributed by atoms with E-state index in [1.54, 1.807) is 20.8 Å². The molecule has 670 valence electrons. The fourth-order valence-corrected chi connectivity index (χ4v) is 20.5. The number of nitrogens with zero attached hydrogens (tertiary/aromatic N) is 19. The molecule has 0 amide bonds. The largest absolute Gasteiger partial charge is 0.387 e. The van der Waals surface area contributed by atoms with Crippen LogP contribution in [0.3, 0.4) is 0 Å². The van der Waals surface area contributed by atoms with E-state index in [9.17, 15) is 35.9 Å². The van der Waals surface area contributed by atoms with Gasteiger partial charge in [0.2, 0.25) is 0 Å². The van der Waals surface area contributed by atoms with Crippen LogP contribution in [0, 0.1) is 29.1 Å². The van der Waals surface area contributed by atoms with Crippen LogP contribution in [0.2, 0.25) is 0 Å². The van der Waals surface area contributed by atoms with Gasteiger partial charge in [0, 0.05) is 87.7 Å². The van der Waals surface area contributed by atoms with E-state index in [0.29, 0.717) is 95.6 Å². The molecule has 3 saturated heterocycles. The Balaban J connectivity index is 0.000000128. The van der Waals surface area contributed by atoms with Crippen molar-refractivity contribution in [2.75, 3.05) is 50.6 Å². The molecule has 12 atom stereocenters. The summed E-state index contributed by atoms with van der Waals surface area (Å²) >= 11 is 0. The molecule has 35 nitrogen and oxygen atoms in total. The molecule has 3 aliphatic heterocycles. The molecule has 0 unspecified atom stereocenters. The summed E-state index contributed by atoms with van der Waals surface area (Å²) in [6, 6.07) is 23.9. The first kappa shape index (κ1) is 86.8. The Kier molecular flexibility index (Phi) is 24.5. The highest BCUT2D eigenvalue weighted by Crippen LogP contribution is 2.47. The van der Waals surface area contributed by atoms with Crippen molar-refractivity contribution in [2.24, 2.45) is 17.8 Å². The summed E-state index contributed by atoms with van der Waals surface area (Å²) < 4.78 is 29.0. The fourth-order valence-electron chi connectivity index (χ4n) is 20.5. The number of nitriles is 1. The van der Waals surface area contributed by atoms with Crippen LogP contribution in [-0.2, 0) is 49.0 Å². The Bertz CT molecular complexity index is 5850. The minimum atomic E-state index is -1.12. The second kappa shape index (κ2) is 35.6. The van der Waals surface area contributed by atoms with Crippen molar-refractivity contribution in [1.82, 2.24) is 103 Å². The molecule has 3 aromatic carbocycles. The number of hydrogen-bond donors (Lipinski definition) is 12. The van der Waals surface area contributed by atoms with Gasteiger partial charge in [-0.05, 0) is 208 Å². The Morgan fingerprint density at radius 3 is 1.21 bits per heavy atom. The van der Waals surface area contributed by atoms with E-state index in [4.69, 9.17) is 51.1 Å². The van der Waals surface area contributed by atoms with Crippen molar-refractivity contribution in [3.05, 3.63) is 127 Å². The van der Waals surface area contributed by atoms with Crippen LogP contribution in [0.1, 0.15) is 204 Å². The number of imidazole rings is 6. The highest BCUT2D eigenvalue weighted by Gasteiger charge is 2.51. The number of nitrogens with one attached hydrogen (secondary N) is 3. The van der Waals surface area contributed by atoms with Gasteiger partial charge in [-0.2, -0.15) is 5.26 Å². The lowest BCUT2D eigenvalue weighted by molar-refractivity contribution is -0.0620. The van der Waals surface area contributed by atoms with E-state index in [0.717, 1.165) is 158 Å². The van der Waals surface area contributed by atoms with Crippen molar-refractivity contribution < 1.29 is 49.6 Å². The van der Waals surface area contributed by atoms with Gasteiger partial charge in [-0.1, -0.05) is 32.0 Å². The average Bonchev–Trinajstić information content (AvgIpc) is 1.53. The molecule has 0 spiro atoms. The molecule has 126 heavy (non-hydrogen) atoms. The maximum atomic E-state index is 11.0. The van der Waals surface area contributed by atoms with Gasteiger partial charge in [0.25, 0.3) is 0 Å². The Hall–Kier alpha value is -9.91. The lowest BCUT2D eigenvalue weighted by Gasteiger charge is -2.46. The van der Waals surface area contributed by atoms with Gasteiger partial charge >= 0.3 is 0 Å². The number of hydrogen-bond acceptors (Lipinski definition) is 29. The number of anilines is 3.